The van der Waals surface area contributed by atoms with E-state index >= 15 is 0 Å². The van der Waals surface area contributed by atoms with Crippen molar-refractivity contribution in [3.05, 3.63) is 136 Å². The molecule has 0 saturated carbocycles. The average molecular weight is 513 g/mol. The fourth-order valence-electron chi connectivity index (χ4n) is 4.32. The normalized spacial score (nSPS) is 12.1. The van der Waals surface area contributed by atoms with E-state index < -0.39 is 10.0 Å². The van der Waals surface area contributed by atoms with Crippen LogP contribution >= 0.6 is 0 Å². The summed E-state index contributed by atoms with van der Waals surface area (Å²) in [5.41, 5.74) is 7.19. The van der Waals surface area contributed by atoms with Crippen molar-refractivity contribution in [2.45, 2.75) is 33.4 Å². The molecule has 6 heteroatoms. The Morgan fingerprint density at radius 1 is 0.784 bits per heavy atom. The van der Waals surface area contributed by atoms with Crippen molar-refractivity contribution in [2.24, 2.45) is 0 Å². The van der Waals surface area contributed by atoms with Crippen LogP contribution in [0.4, 0.5) is 5.69 Å². The molecule has 0 saturated heterocycles. The maximum absolute atomic E-state index is 13.3. The fraction of sp³-hybridized carbons (Fsp3) is 0.194. The zero-order valence-corrected chi connectivity index (χ0v) is 22.4. The summed E-state index contributed by atoms with van der Waals surface area (Å²) in [5, 5.41) is 3.18. The Kier molecular flexibility index (Phi) is 7.79. The standard InChI is InChI=1S/C31H32N2O3S/c1-22-14-19-28(20-24(22)3)33(37(4,35)36)21-25-15-17-27(18-16-25)31(34)32-30(26-11-6-5-7-12-26)29-13-9-8-10-23(29)2/h5-20,30H,21H2,1-4H3,(H,32,34). The van der Waals surface area contributed by atoms with Crippen molar-refractivity contribution in [3.8, 4) is 0 Å². The first-order valence-electron chi connectivity index (χ1n) is 12.2. The fourth-order valence-corrected chi connectivity index (χ4v) is 5.20. The number of carbonyl (C=O) groups is 1. The Bertz CT molecular complexity index is 1500. The number of rotatable bonds is 8. The number of amides is 1. The number of anilines is 1. The first-order chi connectivity index (χ1) is 17.6. The molecule has 1 unspecified atom stereocenters. The molecule has 0 heterocycles. The summed E-state index contributed by atoms with van der Waals surface area (Å²) in [6.07, 6.45) is 1.21. The summed E-state index contributed by atoms with van der Waals surface area (Å²) in [6.45, 7) is 6.18. The highest BCUT2D eigenvalue weighted by Gasteiger charge is 2.21. The third kappa shape index (κ3) is 6.27. The van der Waals surface area contributed by atoms with Crippen LogP contribution < -0.4 is 9.62 Å². The van der Waals surface area contributed by atoms with E-state index in [1.807, 2.05) is 93.6 Å². The SMILES string of the molecule is Cc1ccc(N(Cc2ccc(C(=O)NC(c3ccccc3)c3ccccc3C)cc2)S(C)(=O)=O)cc1C. The lowest BCUT2D eigenvalue weighted by atomic mass is 9.94. The van der Waals surface area contributed by atoms with Crippen LogP contribution in [0.25, 0.3) is 0 Å². The molecule has 0 bridgehead atoms. The predicted octanol–water partition coefficient (Wildman–Crippen LogP) is 6.10. The summed E-state index contributed by atoms with van der Waals surface area (Å²) in [7, 11) is -3.50. The van der Waals surface area contributed by atoms with Gasteiger partial charge in [-0.05, 0) is 78.4 Å². The molecule has 1 amide bonds. The van der Waals surface area contributed by atoms with E-state index in [0.717, 1.165) is 33.4 Å². The van der Waals surface area contributed by atoms with Crippen LogP contribution in [0.5, 0.6) is 0 Å². The Balaban J connectivity index is 1.56. The van der Waals surface area contributed by atoms with Crippen LogP contribution in [-0.2, 0) is 16.6 Å². The van der Waals surface area contributed by atoms with Gasteiger partial charge in [0.25, 0.3) is 5.91 Å². The molecule has 0 aliphatic rings. The second-order valence-electron chi connectivity index (χ2n) is 9.41. The molecule has 0 aromatic heterocycles. The van der Waals surface area contributed by atoms with Gasteiger partial charge in [-0.3, -0.25) is 9.10 Å². The van der Waals surface area contributed by atoms with Gasteiger partial charge in [-0.1, -0.05) is 72.8 Å². The number of carbonyl (C=O) groups excluding carboxylic acids is 1. The number of nitrogens with one attached hydrogen (secondary N) is 1. The van der Waals surface area contributed by atoms with Crippen LogP contribution in [0.15, 0.2) is 97.1 Å². The third-order valence-electron chi connectivity index (χ3n) is 6.63. The lowest BCUT2D eigenvalue weighted by Crippen LogP contribution is -2.30. The lowest BCUT2D eigenvalue weighted by molar-refractivity contribution is 0.0943. The van der Waals surface area contributed by atoms with Crippen molar-refractivity contribution in [2.75, 3.05) is 10.6 Å². The maximum Gasteiger partial charge on any atom is 0.252 e. The molecule has 4 aromatic carbocycles. The number of aryl methyl sites for hydroxylation is 3. The van der Waals surface area contributed by atoms with E-state index in [9.17, 15) is 13.2 Å². The average Bonchev–Trinajstić information content (AvgIpc) is 2.88. The van der Waals surface area contributed by atoms with Gasteiger partial charge in [-0.25, -0.2) is 8.42 Å². The summed E-state index contributed by atoms with van der Waals surface area (Å²) >= 11 is 0. The van der Waals surface area contributed by atoms with Crippen LogP contribution in [-0.4, -0.2) is 20.6 Å². The van der Waals surface area contributed by atoms with E-state index in [2.05, 4.69) is 5.32 Å². The van der Waals surface area contributed by atoms with Crippen molar-refractivity contribution in [1.82, 2.24) is 5.32 Å². The molecule has 0 aliphatic heterocycles. The first kappa shape index (κ1) is 26.2. The Labute approximate surface area is 219 Å². The number of nitrogens with zero attached hydrogens (tertiary/aromatic N) is 1. The van der Waals surface area contributed by atoms with Gasteiger partial charge >= 0.3 is 0 Å². The molecule has 0 aliphatic carbocycles. The molecular weight excluding hydrogens is 480 g/mol. The summed E-state index contributed by atoms with van der Waals surface area (Å²) in [4.78, 5) is 13.3. The van der Waals surface area contributed by atoms with Crippen LogP contribution in [0.2, 0.25) is 0 Å². The molecule has 4 aromatic rings. The van der Waals surface area contributed by atoms with Gasteiger partial charge in [0, 0.05) is 5.56 Å². The third-order valence-corrected chi connectivity index (χ3v) is 7.77. The number of benzene rings is 4. The number of hydrogen-bond donors (Lipinski definition) is 1. The Hall–Kier alpha value is -3.90. The van der Waals surface area contributed by atoms with Gasteiger partial charge in [0.05, 0.1) is 24.5 Å². The van der Waals surface area contributed by atoms with Gasteiger partial charge < -0.3 is 5.32 Å². The highest BCUT2D eigenvalue weighted by atomic mass is 32.2. The maximum atomic E-state index is 13.3. The second kappa shape index (κ2) is 11.0. The highest BCUT2D eigenvalue weighted by molar-refractivity contribution is 7.92. The molecule has 0 fully saturated rings. The van der Waals surface area contributed by atoms with Gasteiger partial charge in [-0.15, -0.1) is 0 Å². The van der Waals surface area contributed by atoms with E-state index in [1.54, 1.807) is 24.3 Å². The van der Waals surface area contributed by atoms with Gasteiger partial charge in [-0.2, -0.15) is 0 Å². The van der Waals surface area contributed by atoms with Crippen molar-refractivity contribution < 1.29 is 13.2 Å². The van der Waals surface area contributed by atoms with Crippen molar-refractivity contribution in [3.63, 3.8) is 0 Å². The largest absolute Gasteiger partial charge is 0.341 e. The van der Waals surface area contributed by atoms with E-state index in [-0.39, 0.29) is 18.5 Å². The number of sulfonamides is 1. The zero-order valence-electron chi connectivity index (χ0n) is 21.6. The monoisotopic (exact) mass is 512 g/mol. The lowest BCUT2D eigenvalue weighted by Gasteiger charge is -2.24. The number of hydrogen-bond acceptors (Lipinski definition) is 3. The Morgan fingerprint density at radius 2 is 1.43 bits per heavy atom. The summed E-state index contributed by atoms with van der Waals surface area (Å²) < 4.78 is 26.6. The molecule has 4 rings (SSSR count). The van der Waals surface area contributed by atoms with Crippen LogP contribution in [0.3, 0.4) is 0 Å². The van der Waals surface area contributed by atoms with E-state index in [4.69, 9.17) is 0 Å². The van der Waals surface area contributed by atoms with Crippen molar-refractivity contribution in [1.29, 1.82) is 0 Å². The molecule has 1 atom stereocenters. The predicted molar refractivity (Wildman–Crippen MR) is 150 cm³/mol. The topological polar surface area (TPSA) is 66.5 Å². The van der Waals surface area contributed by atoms with Crippen molar-refractivity contribution >= 4 is 21.6 Å². The molecule has 0 radical (unpaired) electrons. The zero-order chi connectivity index (χ0) is 26.6. The minimum atomic E-state index is -3.50. The van der Waals surface area contributed by atoms with E-state index in [1.165, 1.54) is 10.6 Å². The summed E-state index contributed by atoms with van der Waals surface area (Å²) in [6, 6.07) is 30.4. The van der Waals surface area contributed by atoms with Crippen LogP contribution in [0.1, 0.15) is 49.8 Å². The molecule has 1 N–H and O–H groups in total. The molecule has 190 valence electrons. The summed E-state index contributed by atoms with van der Waals surface area (Å²) in [5.74, 6) is -0.196. The molecular formula is C31H32N2O3S. The Morgan fingerprint density at radius 3 is 2.05 bits per heavy atom. The quantitative estimate of drug-likeness (QED) is 0.310. The minimum Gasteiger partial charge on any atom is -0.341 e. The van der Waals surface area contributed by atoms with E-state index in [0.29, 0.717) is 11.3 Å². The van der Waals surface area contributed by atoms with Gasteiger partial charge in [0.15, 0.2) is 0 Å². The molecule has 0 spiro atoms. The smallest absolute Gasteiger partial charge is 0.252 e. The highest BCUT2D eigenvalue weighted by Crippen LogP contribution is 2.26. The molecule has 5 nitrogen and oxygen atoms in total. The second-order valence-corrected chi connectivity index (χ2v) is 11.3. The van der Waals surface area contributed by atoms with Gasteiger partial charge in [0.2, 0.25) is 10.0 Å². The van der Waals surface area contributed by atoms with Crippen LogP contribution in [0, 0.1) is 20.8 Å². The van der Waals surface area contributed by atoms with Gasteiger partial charge in [0.1, 0.15) is 0 Å². The minimum absolute atomic E-state index is 0.180. The first-order valence-corrected chi connectivity index (χ1v) is 14.0. The molecule has 37 heavy (non-hydrogen) atoms.